The predicted molar refractivity (Wildman–Crippen MR) is 83.8 cm³/mol. The summed E-state index contributed by atoms with van der Waals surface area (Å²) in [6.45, 7) is 6.08. The van der Waals surface area contributed by atoms with Crippen molar-refractivity contribution in [3.8, 4) is 0 Å². The van der Waals surface area contributed by atoms with E-state index >= 15 is 0 Å². The molecule has 1 atom stereocenters. The summed E-state index contributed by atoms with van der Waals surface area (Å²) in [5.74, 6) is -2.03. The SMILES string of the molecule is CC(C)CNC(=O)NC(=O)CN(C)C(C)c1ccc(F)c(F)c1. The molecule has 0 heterocycles. The first kappa shape index (κ1) is 19.0. The van der Waals surface area contributed by atoms with Crippen molar-refractivity contribution >= 4 is 11.9 Å². The van der Waals surface area contributed by atoms with Gasteiger partial charge < -0.3 is 5.32 Å². The average molecular weight is 327 g/mol. The molecule has 0 saturated heterocycles. The lowest BCUT2D eigenvalue weighted by Crippen LogP contribution is -2.45. The number of rotatable bonds is 6. The molecule has 2 N–H and O–H groups in total. The molecule has 0 aromatic heterocycles. The van der Waals surface area contributed by atoms with Crippen molar-refractivity contribution in [1.29, 1.82) is 0 Å². The fraction of sp³-hybridized carbons (Fsp3) is 0.500. The molecule has 0 aliphatic carbocycles. The second kappa shape index (κ2) is 8.57. The van der Waals surface area contributed by atoms with Crippen LogP contribution in [0.4, 0.5) is 13.6 Å². The van der Waals surface area contributed by atoms with Gasteiger partial charge in [0.1, 0.15) is 0 Å². The Balaban J connectivity index is 2.53. The van der Waals surface area contributed by atoms with Crippen molar-refractivity contribution < 1.29 is 18.4 Å². The molecule has 0 aliphatic rings. The number of amides is 3. The number of nitrogens with zero attached hydrogens (tertiary/aromatic N) is 1. The van der Waals surface area contributed by atoms with Gasteiger partial charge in [-0.1, -0.05) is 19.9 Å². The number of halogens is 2. The Morgan fingerprint density at radius 1 is 1.17 bits per heavy atom. The number of carbonyl (C=O) groups is 2. The Bertz CT molecular complexity index is 564. The summed E-state index contributed by atoms with van der Waals surface area (Å²) in [5.41, 5.74) is 0.545. The molecular weight excluding hydrogens is 304 g/mol. The van der Waals surface area contributed by atoms with E-state index in [-0.39, 0.29) is 18.5 Å². The van der Waals surface area contributed by atoms with E-state index in [1.807, 2.05) is 13.8 Å². The number of hydrogen-bond acceptors (Lipinski definition) is 3. The van der Waals surface area contributed by atoms with Crippen LogP contribution in [0.1, 0.15) is 32.4 Å². The third-order valence-electron chi connectivity index (χ3n) is 3.40. The highest BCUT2D eigenvalue weighted by Gasteiger charge is 2.17. The summed E-state index contributed by atoms with van der Waals surface area (Å²) >= 11 is 0. The molecule has 128 valence electrons. The van der Waals surface area contributed by atoms with Gasteiger partial charge in [0.2, 0.25) is 5.91 Å². The lowest BCUT2D eigenvalue weighted by Gasteiger charge is -2.24. The maximum Gasteiger partial charge on any atom is 0.321 e. The van der Waals surface area contributed by atoms with Crippen molar-refractivity contribution in [3.05, 3.63) is 35.4 Å². The first-order chi connectivity index (χ1) is 10.7. The second-order valence-corrected chi connectivity index (χ2v) is 5.92. The molecule has 1 aromatic carbocycles. The molecule has 0 radical (unpaired) electrons. The molecule has 0 bridgehead atoms. The fourth-order valence-electron chi connectivity index (χ4n) is 1.90. The van der Waals surface area contributed by atoms with Crippen LogP contribution in [0.25, 0.3) is 0 Å². The molecule has 0 fully saturated rings. The van der Waals surface area contributed by atoms with Gasteiger partial charge in [-0.2, -0.15) is 0 Å². The molecule has 0 spiro atoms. The minimum atomic E-state index is -0.930. The summed E-state index contributed by atoms with van der Waals surface area (Å²) in [6.07, 6.45) is 0. The quantitative estimate of drug-likeness (QED) is 0.844. The van der Waals surface area contributed by atoms with E-state index in [1.54, 1.807) is 18.9 Å². The summed E-state index contributed by atoms with van der Waals surface area (Å²) in [7, 11) is 1.66. The molecule has 3 amide bonds. The minimum Gasteiger partial charge on any atom is -0.338 e. The van der Waals surface area contributed by atoms with Gasteiger partial charge in [0.05, 0.1) is 6.54 Å². The van der Waals surface area contributed by atoms with Gasteiger partial charge >= 0.3 is 6.03 Å². The molecule has 0 saturated carbocycles. The topological polar surface area (TPSA) is 61.4 Å². The van der Waals surface area contributed by atoms with E-state index in [0.717, 1.165) is 12.1 Å². The minimum absolute atomic E-state index is 0.0464. The summed E-state index contributed by atoms with van der Waals surface area (Å²) in [5, 5.41) is 4.81. The number of nitrogens with one attached hydrogen (secondary N) is 2. The molecular formula is C16H23F2N3O2. The number of hydrogen-bond donors (Lipinski definition) is 2. The first-order valence-electron chi connectivity index (χ1n) is 7.43. The number of urea groups is 1. The van der Waals surface area contributed by atoms with E-state index < -0.39 is 23.6 Å². The third kappa shape index (κ3) is 6.32. The molecule has 23 heavy (non-hydrogen) atoms. The number of benzene rings is 1. The molecule has 1 rings (SSSR count). The van der Waals surface area contributed by atoms with E-state index in [1.165, 1.54) is 6.07 Å². The largest absolute Gasteiger partial charge is 0.338 e. The molecule has 0 aliphatic heterocycles. The third-order valence-corrected chi connectivity index (χ3v) is 3.40. The average Bonchev–Trinajstić information content (AvgIpc) is 2.47. The van der Waals surface area contributed by atoms with Crippen LogP contribution >= 0.6 is 0 Å². The Hall–Kier alpha value is -2.02. The first-order valence-corrected chi connectivity index (χ1v) is 7.43. The second-order valence-electron chi connectivity index (χ2n) is 5.92. The zero-order chi connectivity index (χ0) is 17.6. The maximum absolute atomic E-state index is 13.3. The Kier molecular flexibility index (Phi) is 7.09. The van der Waals surface area contributed by atoms with Crippen molar-refractivity contribution in [1.82, 2.24) is 15.5 Å². The highest BCUT2D eigenvalue weighted by molar-refractivity contribution is 5.95. The van der Waals surface area contributed by atoms with Crippen LogP contribution in [0.2, 0.25) is 0 Å². The highest BCUT2D eigenvalue weighted by Crippen LogP contribution is 2.20. The number of likely N-dealkylation sites (N-methyl/N-ethyl adjacent to an activating group) is 1. The van der Waals surface area contributed by atoms with Gasteiger partial charge in [-0.15, -0.1) is 0 Å². The Labute approximate surface area is 135 Å². The van der Waals surface area contributed by atoms with Crippen molar-refractivity contribution in [2.24, 2.45) is 5.92 Å². The maximum atomic E-state index is 13.3. The van der Waals surface area contributed by atoms with Crippen molar-refractivity contribution in [2.45, 2.75) is 26.8 Å². The van der Waals surface area contributed by atoms with Gasteiger partial charge in [0.15, 0.2) is 11.6 Å². The summed E-state index contributed by atoms with van der Waals surface area (Å²) in [4.78, 5) is 25.0. The molecule has 1 unspecified atom stereocenters. The summed E-state index contributed by atoms with van der Waals surface area (Å²) in [6, 6.07) is 2.76. The smallest absolute Gasteiger partial charge is 0.321 e. The van der Waals surface area contributed by atoms with Crippen LogP contribution in [0, 0.1) is 17.6 Å². The van der Waals surface area contributed by atoms with E-state index in [2.05, 4.69) is 10.6 Å². The molecule has 7 heteroatoms. The van der Waals surface area contributed by atoms with Crippen LogP contribution in [-0.4, -0.2) is 37.0 Å². The monoisotopic (exact) mass is 327 g/mol. The van der Waals surface area contributed by atoms with Crippen LogP contribution in [0.3, 0.4) is 0 Å². The Morgan fingerprint density at radius 3 is 2.39 bits per heavy atom. The summed E-state index contributed by atoms with van der Waals surface area (Å²) < 4.78 is 26.2. The van der Waals surface area contributed by atoms with Gasteiger partial charge in [-0.25, -0.2) is 13.6 Å². The molecule has 5 nitrogen and oxygen atoms in total. The Morgan fingerprint density at radius 2 is 1.83 bits per heavy atom. The van der Waals surface area contributed by atoms with Gasteiger partial charge in [0.25, 0.3) is 0 Å². The van der Waals surface area contributed by atoms with E-state index in [4.69, 9.17) is 0 Å². The molecule has 1 aromatic rings. The van der Waals surface area contributed by atoms with Crippen molar-refractivity contribution in [3.63, 3.8) is 0 Å². The van der Waals surface area contributed by atoms with Gasteiger partial charge in [0, 0.05) is 12.6 Å². The van der Waals surface area contributed by atoms with Crippen molar-refractivity contribution in [2.75, 3.05) is 20.1 Å². The normalized spacial score (nSPS) is 12.3. The zero-order valence-electron chi connectivity index (χ0n) is 13.8. The van der Waals surface area contributed by atoms with E-state index in [9.17, 15) is 18.4 Å². The lowest BCUT2D eigenvalue weighted by atomic mass is 10.1. The lowest BCUT2D eigenvalue weighted by molar-refractivity contribution is -0.121. The number of imide groups is 1. The van der Waals surface area contributed by atoms with E-state index in [0.29, 0.717) is 12.1 Å². The van der Waals surface area contributed by atoms with Crippen LogP contribution in [0.15, 0.2) is 18.2 Å². The van der Waals surface area contributed by atoms with Gasteiger partial charge in [-0.3, -0.25) is 15.0 Å². The fourth-order valence-corrected chi connectivity index (χ4v) is 1.90. The van der Waals surface area contributed by atoms with Gasteiger partial charge in [-0.05, 0) is 37.6 Å². The highest BCUT2D eigenvalue weighted by atomic mass is 19.2. The van der Waals surface area contributed by atoms with Crippen LogP contribution in [-0.2, 0) is 4.79 Å². The zero-order valence-corrected chi connectivity index (χ0v) is 13.8. The van der Waals surface area contributed by atoms with Crippen LogP contribution < -0.4 is 10.6 Å². The standard InChI is InChI=1S/C16H23F2N3O2/c1-10(2)8-19-16(23)20-15(22)9-21(4)11(3)12-5-6-13(17)14(18)7-12/h5-7,10-11H,8-9H2,1-4H3,(H2,19,20,22,23). The number of carbonyl (C=O) groups excluding carboxylic acids is 2. The predicted octanol–water partition coefficient (Wildman–Crippen LogP) is 2.44. The van der Waals surface area contributed by atoms with Crippen LogP contribution in [0.5, 0.6) is 0 Å².